The van der Waals surface area contributed by atoms with Crippen molar-refractivity contribution in [3.05, 3.63) is 52.5 Å². The lowest BCUT2D eigenvalue weighted by Gasteiger charge is -2.12. The van der Waals surface area contributed by atoms with Gasteiger partial charge in [0.2, 0.25) is 5.91 Å². The van der Waals surface area contributed by atoms with Crippen molar-refractivity contribution in [2.75, 3.05) is 17.2 Å². The molecule has 26 heavy (non-hydrogen) atoms. The largest absolute Gasteiger partial charge is 0.493 e. The first kappa shape index (κ1) is 20.0. The van der Waals surface area contributed by atoms with Crippen molar-refractivity contribution in [3.8, 4) is 5.75 Å². The van der Waals surface area contributed by atoms with Crippen LogP contribution in [0.5, 0.6) is 5.75 Å². The van der Waals surface area contributed by atoms with Crippen LogP contribution in [0.15, 0.2) is 46.9 Å². The fraction of sp³-hybridized carbons (Fsp3) is 0.300. The number of benzene rings is 2. The second-order valence-electron chi connectivity index (χ2n) is 5.82. The van der Waals surface area contributed by atoms with Crippen LogP contribution < -0.4 is 15.4 Å². The van der Waals surface area contributed by atoms with Crippen LogP contribution >= 0.6 is 15.9 Å². The quantitative estimate of drug-likeness (QED) is 0.616. The van der Waals surface area contributed by atoms with Gasteiger partial charge in [-0.05, 0) is 49.2 Å². The molecular weight excluding hydrogens is 396 g/mol. The van der Waals surface area contributed by atoms with Crippen molar-refractivity contribution >= 4 is 39.1 Å². The molecule has 0 radical (unpaired) electrons. The van der Waals surface area contributed by atoms with Crippen molar-refractivity contribution < 1.29 is 14.3 Å². The SMILES string of the molecule is CCCOc1ccc(Br)cc1C(=O)Nc1cccc(NC(=O)CCC)c1. The molecule has 5 nitrogen and oxygen atoms in total. The molecule has 0 unspecified atom stereocenters. The molecule has 138 valence electrons. The summed E-state index contributed by atoms with van der Waals surface area (Å²) in [6, 6.07) is 12.4. The molecule has 2 aromatic carbocycles. The summed E-state index contributed by atoms with van der Waals surface area (Å²) in [5.41, 5.74) is 1.71. The van der Waals surface area contributed by atoms with Crippen molar-refractivity contribution in [1.29, 1.82) is 0 Å². The molecule has 2 rings (SSSR count). The highest BCUT2D eigenvalue weighted by molar-refractivity contribution is 9.10. The summed E-state index contributed by atoms with van der Waals surface area (Å²) in [6.07, 6.45) is 2.11. The summed E-state index contributed by atoms with van der Waals surface area (Å²) < 4.78 is 6.46. The van der Waals surface area contributed by atoms with Gasteiger partial charge in [0, 0.05) is 22.3 Å². The minimum Gasteiger partial charge on any atom is -0.493 e. The average molecular weight is 419 g/mol. The van der Waals surface area contributed by atoms with E-state index in [2.05, 4.69) is 26.6 Å². The molecule has 2 N–H and O–H groups in total. The molecule has 0 aliphatic carbocycles. The fourth-order valence-electron chi connectivity index (χ4n) is 2.34. The average Bonchev–Trinajstić information content (AvgIpc) is 2.61. The lowest BCUT2D eigenvalue weighted by molar-refractivity contribution is -0.116. The first-order chi connectivity index (χ1) is 12.5. The number of ether oxygens (including phenoxy) is 1. The predicted octanol–water partition coefficient (Wildman–Crippen LogP) is 5.23. The Balaban J connectivity index is 2.14. The Bertz CT molecular complexity index is 777. The summed E-state index contributed by atoms with van der Waals surface area (Å²) in [6.45, 7) is 4.50. The van der Waals surface area contributed by atoms with Crippen LogP contribution in [0, 0.1) is 0 Å². The van der Waals surface area contributed by atoms with E-state index in [9.17, 15) is 9.59 Å². The zero-order valence-electron chi connectivity index (χ0n) is 15.0. The molecule has 0 aliphatic rings. The molecular formula is C20H23BrN2O3. The zero-order chi connectivity index (χ0) is 18.9. The molecule has 0 heterocycles. The van der Waals surface area contributed by atoms with Crippen LogP contribution in [-0.4, -0.2) is 18.4 Å². The van der Waals surface area contributed by atoms with Crippen LogP contribution in [0.2, 0.25) is 0 Å². The number of anilines is 2. The number of hydrogen-bond donors (Lipinski definition) is 2. The van der Waals surface area contributed by atoms with Gasteiger partial charge in [0.05, 0.1) is 12.2 Å². The number of hydrogen-bond acceptors (Lipinski definition) is 3. The lowest BCUT2D eigenvalue weighted by Crippen LogP contribution is -2.15. The molecule has 0 aliphatic heterocycles. The monoisotopic (exact) mass is 418 g/mol. The number of rotatable bonds is 8. The van der Waals surface area contributed by atoms with Crippen LogP contribution in [0.4, 0.5) is 11.4 Å². The molecule has 0 bridgehead atoms. The molecule has 6 heteroatoms. The van der Waals surface area contributed by atoms with Gasteiger partial charge in [-0.3, -0.25) is 9.59 Å². The third-order valence-electron chi connectivity index (χ3n) is 3.53. The van der Waals surface area contributed by atoms with Gasteiger partial charge in [0.25, 0.3) is 5.91 Å². The van der Waals surface area contributed by atoms with E-state index < -0.39 is 0 Å². The number of carbonyl (C=O) groups is 2. The Morgan fingerprint density at radius 3 is 2.42 bits per heavy atom. The van der Waals surface area contributed by atoms with E-state index in [1.165, 1.54) is 0 Å². The summed E-state index contributed by atoms with van der Waals surface area (Å²) in [5, 5.41) is 5.68. The van der Waals surface area contributed by atoms with Crippen LogP contribution in [-0.2, 0) is 4.79 Å². The summed E-state index contributed by atoms with van der Waals surface area (Å²) in [4.78, 5) is 24.4. The molecule has 0 spiro atoms. The molecule has 0 atom stereocenters. The maximum absolute atomic E-state index is 12.7. The minimum absolute atomic E-state index is 0.0433. The molecule has 0 fully saturated rings. The highest BCUT2D eigenvalue weighted by Gasteiger charge is 2.14. The number of halogens is 1. The predicted molar refractivity (Wildman–Crippen MR) is 108 cm³/mol. The fourth-order valence-corrected chi connectivity index (χ4v) is 2.70. The number of carbonyl (C=O) groups excluding carboxylic acids is 2. The van der Waals surface area contributed by atoms with E-state index >= 15 is 0 Å². The highest BCUT2D eigenvalue weighted by atomic mass is 79.9. The Morgan fingerprint density at radius 2 is 1.73 bits per heavy atom. The van der Waals surface area contributed by atoms with Gasteiger partial charge in [-0.15, -0.1) is 0 Å². The molecule has 2 amide bonds. The van der Waals surface area contributed by atoms with Crippen molar-refractivity contribution in [2.45, 2.75) is 33.1 Å². The van der Waals surface area contributed by atoms with E-state index in [-0.39, 0.29) is 11.8 Å². The highest BCUT2D eigenvalue weighted by Crippen LogP contribution is 2.25. The van der Waals surface area contributed by atoms with Gasteiger partial charge < -0.3 is 15.4 Å². The minimum atomic E-state index is -0.269. The molecule has 0 saturated carbocycles. The second kappa shape index (κ2) is 9.97. The maximum atomic E-state index is 12.7. The van der Waals surface area contributed by atoms with Gasteiger partial charge in [-0.25, -0.2) is 0 Å². The van der Waals surface area contributed by atoms with Gasteiger partial charge in [0.15, 0.2) is 0 Å². The zero-order valence-corrected chi connectivity index (χ0v) is 16.6. The molecule has 0 saturated heterocycles. The van der Waals surface area contributed by atoms with Crippen LogP contribution in [0.3, 0.4) is 0 Å². The Morgan fingerprint density at radius 1 is 1.00 bits per heavy atom. The van der Waals surface area contributed by atoms with Gasteiger partial charge >= 0.3 is 0 Å². The van der Waals surface area contributed by atoms with E-state index in [0.29, 0.717) is 35.7 Å². The summed E-state index contributed by atoms with van der Waals surface area (Å²) >= 11 is 3.39. The van der Waals surface area contributed by atoms with Gasteiger partial charge in [-0.2, -0.15) is 0 Å². The van der Waals surface area contributed by atoms with Crippen molar-refractivity contribution in [3.63, 3.8) is 0 Å². The standard InChI is InChI=1S/C20H23BrN2O3/c1-3-6-19(24)22-15-7-5-8-16(13-15)23-20(25)17-12-14(21)9-10-18(17)26-11-4-2/h5,7-10,12-13H,3-4,6,11H2,1-2H3,(H,22,24)(H,23,25). The first-order valence-electron chi connectivity index (χ1n) is 8.67. The Hall–Kier alpha value is -2.34. The van der Waals surface area contributed by atoms with E-state index in [4.69, 9.17) is 4.74 Å². The van der Waals surface area contributed by atoms with Crippen molar-refractivity contribution in [1.82, 2.24) is 0 Å². The third-order valence-corrected chi connectivity index (χ3v) is 4.02. The molecule has 0 aromatic heterocycles. The van der Waals surface area contributed by atoms with Crippen LogP contribution in [0.1, 0.15) is 43.5 Å². The van der Waals surface area contributed by atoms with E-state index in [1.54, 1.807) is 36.4 Å². The summed E-state index contributed by atoms with van der Waals surface area (Å²) in [5.74, 6) is 0.229. The van der Waals surface area contributed by atoms with Crippen LogP contribution in [0.25, 0.3) is 0 Å². The number of amides is 2. The Kier molecular flexibility index (Phi) is 7.66. The first-order valence-corrected chi connectivity index (χ1v) is 9.46. The maximum Gasteiger partial charge on any atom is 0.259 e. The smallest absolute Gasteiger partial charge is 0.259 e. The Labute approximate surface area is 162 Å². The molecule has 2 aromatic rings. The number of nitrogens with one attached hydrogen (secondary N) is 2. The third kappa shape index (κ3) is 5.88. The topological polar surface area (TPSA) is 67.4 Å². The van der Waals surface area contributed by atoms with E-state index in [1.807, 2.05) is 19.9 Å². The normalized spacial score (nSPS) is 10.3. The van der Waals surface area contributed by atoms with Gasteiger partial charge in [-0.1, -0.05) is 35.8 Å². The lowest BCUT2D eigenvalue weighted by atomic mass is 10.1. The van der Waals surface area contributed by atoms with Gasteiger partial charge in [0.1, 0.15) is 5.75 Å². The van der Waals surface area contributed by atoms with E-state index in [0.717, 1.165) is 17.3 Å². The second-order valence-corrected chi connectivity index (χ2v) is 6.74. The summed E-state index contributed by atoms with van der Waals surface area (Å²) in [7, 11) is 0. The van der Waals surface area contributed by atoms with Crippen molar-refractivity contribution in [2.24, 2.45) is 0 Å².